The van der Waals surface area contributed by atoms with Gasteiger partial charge in [0.15, 0.2) is 6.04 Å². The highest BCUT2D eigenvalue weighted by molar-refractivity contribution is 6.30. The number of carbonyl (C=O) groups is 1. The van der Waals surface area contributed by atoms with Crippen LogP contribution in [-0.2, 0) is 4.79 Å². The van der Waals surface area contributed by atoms with Crippen molar-refractivity contribution in [2.75, 3.05) is 13.2 Å². The topological polar surface area (TPSA) is 56.1 Å². The van der Waals surface area contributed by atoms with Gasteiger partial charge in [0.05, 0.1) is 6.54 Å². The van der Waals surface area contributed by atoms with E-state index in [0.717, 1.165) is 5.56 Å². The number of hydrogen-bond donors (Lipinski definition) is 1. The maximum absolute atomic E-state index is 12.7. The van der Waals surface area contributed by atoms with Gasteiger partial charge in [0.2, 0.25) is 5.91 Å². The molecule has 0 saturated heterocycles. The van der Waals surface area contributed by atoms with Crippen molar-refractivity contribution < 1.29 is 9.53 Å². The Morgan fingerprint density at radius 1 is 1.12 bits per heavy atom. The molecule has 3 aromatic rings. The summed E-state index contributed by atoms with van der Waals surface area (Å²) in [5.41, 5.74) is 0.877. The minimum absolute atomic E-state index is 0.130. The molecular formula is C19H18ClN3O2. The van der Waals surface area contributed by atoms with Crippen molar-refractivity contribution in [1.82, 2.24) is 15.1 Å². The Bertz CT molecular complexity index is 789. The Balaban J connectivity index is 1.58. The van der Waals surface area contributed by atoms with E-state index in [9.17, 15) is 4.79 Å². The van der Waals surface area contributed by atoms with E-state index in [4.69, 9.17) is 16.3 Å². The number of carbonyl (C=O) groups excluding carboxylic acids is 1. The molecule has 2 aromatic carbocycles. The SMILES string of the molecule is O=C(NCCOc1ccc(Cl)cc1)[C@H](c1ccccc1)n1cccn1. The van der Waals surface area contributed by atoms with Crippen LogP contribution in [0.1, 0.15) is 11.6 Å². The second-order valence-corrected chi connectivity index (χ2v) is 5.83. The number of nitrogens with one attached hydrogen (secondary N) is 1. The summed E-state index contributed by atoms with van der Waals surface area (Å²) < 4.78 is 7.24. The van der Waals surface area contributed by atoms with Crippen molar-refractivity contribution in [2.24, 2.45) is 0 Å². The highest BCUT2D eigenvalue weighted by Gasteiger charge is 2.22. The van der Waals surface area contributed by atoms with Gasteiger partial charge < -0.3 is 10.1 Å². The molecule has 0 aliphatic rings. The Morgan fingerprint density at radius 2 is 1.88 bits per heavy atom. The molecule has 1 atom stereocenters. The van der Waals surface area contributed by atoms with Crippen molar-refractivity contribution in [1.29, 1.82) is 0 Å². The summed E-state index contributed by atoms with van der Waals surface area (Å²) in [6, 6.07) is 18.0. The van der Waals surface area contributed by atoms with Crippen molar-refractivity contribution in [3.05, 3.63) is 83.6 Å². The number of ether oxygens (including phenoxy) is 1. The lowest BCUT2D eigenvalue weighted by molar-refractivity contribution is -0.123. The average molecular weight is 356 g/mol. The van der Waals surface area contributed by atoms with Gasteiger partial charge in [-0.05, 0) is 35.9 Å². The molecule has 0 saturated carbocycles. The van der Waals surface area contributed by atoms with Crippen LogP contribution in [0.25, 0.3) is 0 Å². The number of rotatable bonds is 7. The van der Waals surface area contributed by atoms with Gasteiger partial charge in [0, 0.05) is 17.4 Å². The van der Waals surface area contributed by atoms with Gasteiger partial charge in [0.1, 0.15) is 12.4 Å². The van der Waals surface area contributed by atoms with E-state index in [1.54, 1.807) is 47.4 Å². The monoisotopic (exact) mass is 355 g/mol. The van der Waals surface area contributed by atoms with Crippen LogP contribution in [0.3, 0.4) is 0 Å². The van der Waals surface area contributed by atoms with Crippen LogP contribution in [0, 0.1) is 0 Å². The van der Waals surface area contributed by atoms with E-state index in [1.807, 2.05) is 30.3 Å². The zero-order valence-corrected chi connectivity index (χ0v) is 14.3. The van der Waals surface area contributed by atoms with Crippen LogP contribution in [0.2, 0.25) is 5.02 Å². The summed E-state index contributed by atoms with van der Waals surface area (Å²) in [6.45, 7) is 0.764. The highest BCUT2D eigenvalue weighted by atomic mass is 35.5. The van der Waals surface area contributed by atoms with Crippen LogP contribution in [-0.4, -0.2) is 28.8 Å². The molecule has 0 unspecified atom stereocenters. The van der Waals surface area contributed by atoms with E-state index in [1.165, 1.54) is 0 Å². The number of nitrogens with zero attached hydrogens (tertiary/aromatic N) is 2. The molecule has 25 heavy (non-hydrogen) atoms. The molecule has 3 rings (SSSR count). The third-order valence-corrected chi connectivity index (χ3v) is 3.89. The summed E-state index contributed by atoms with van der Waals surface area (Å²) in [5.74, 6) is 0.583. The first-order valence-electron chi connectivity index (χ1n) is 7.94. The second kappa shape index (κ2) is 8.35. The van der Waals surface area contributed by atoms with Crippen LogP contribution >= 0.6 is 11.6 Å². The Hall–Kier alpha value is -2.79. The molecule has 128 valence electrons. The van der Waals surface area contributed by atoms with E-state index < -0.39 is 6.04 Å². The lowest BCUT2D eigenvalue weighted by Crippen LogP contribution is -2.35. The quantitative estimate of drug-likeness (QED) is 0.661. The van der Waals surface area contributed by atoms with Crippen molar-refractivity contribution in [3.63, 3.8) is 0 Å². The minimum Gasteiger partial charge on any atom is -0.492 e. The van der Waals surface area contributed by atoms with E-state index in [0.29, 0.717) is 23.9 Å². The smallest absolute Gasteiger partial charge is 0.249 e. The van der Waals surface area contributed by atoms with Crippen LogP contribution in [0.15, 0.2) is 73.1 Å². The molecule has 0 aliphatic carbocycles. The van der Waals surface area contributed by atoms with Gasteiger partial charge in [-0.3, -0.25) is 9.48 Å². The largest absolute Gasteiger partial charge is 0.492 e. The fourth-order valence-corrected chi connectivity index (χ4v) is 2.59. The summed E-state index contributed by atoms with van der Waals surface area (Å²) in [7, 11) is 0. The second-order valence-electron chi connectivity index (χ2n) is 5.39. The molecule has 1 amide bonds. The standard InChI is InChI=1S/C19H18ClN3O2/c20-16-7-9-17(10-8-16)25-14-12-21-19(24)18(23-13-4-11-22-23)15-5-2-1-3-6-15/h1-11,13,18H,12,14H2,(H,21,24)/t18-/m0/s1. The number of hydrogen-bond acceptors (Lipinski definition) is 3. The van der Waals surface area contributed by atoms with Gasteiger partial charge >= 0.3 is 0 Å². The first-order valence-corrected chi connectivity index (χ1v) is 8.32. The lowest BCUT2D eigenvalue weighted by Gasteiger charge is -2.18. The molecule has 0 aliphatic heterocycles. The molecule has 0 bridgehead atoms. The first kappa shape index (κ1) is 17.0. The number of amides is 1. The molecule has 1 aromatic heterocycles. The van der Waals surface area contributed by atoms with Gasteiger partial charge in [-0.15, -0.1) is 0 Å². The van der Waals surface area contributed by atoms with Gasteiger partial charge in [-0.2, -0.15) is 5.10 Å². The molecule has 0 fully saturated rings. The van der Waals surface area contributed by atoms with Crippen LogP contribution in [0.4, 0.5) is 0 Å². The molecule has 1 heterocycles. The summed E-state index contributed by atoms with van der Waals surface area (Å²) >= 11 is 5.84. The predicted molar refractivity (Wildman–Crippen MR) is 96.8 cm³/mol. The number of aromatic nitrogens is 2. The van der Waals surface area contributed by atoms with Crippen molar-refractivity contribution in [2.45, 2.75) is 6.04 Å². The molecule has 5 nitrogen and oxygen atoms in total. The summed E-state index contributed by atoms with van der Waals surface area (Å²) in [5, 5.41) is 7.77. The summed E-state index contributed by atoms with van der Waals surface area (Å²) in [4.78, 5) is 12.7. The molecule has 0 spiro atoms. The zero-order chi connectivity index (χ0) is 17.5. The fraction of sp³-hybridized carbons (Fsp3) is 0.158. The first-order chi connectivity index (χ1) is 12.2. The van der Waals surface area contributed by atoms with Gasteiger partial charge in [-0.25, -0.2) is 0 Å². The van der Waals surface area contributed by atoms with Gasteiger partial charge in [0.25, 0.3) is 0 Å². The number of halogens is 1. The molecule has 6 heteroatoms. The van der Waals surface area contributed by atoms with Crippen molar-refractivity contribution >= 4 is 17.5 Å². The molecule has 0 radical (unpaired) electrons. The van der Waals surface area contributed by atoms with Gasteiger partial charge in [-0.1, -0.05) is 41.9 Å². The Kier molecular flexibility index (Phi) is 5.69. The lowest BCUT2D eigenvalue weighted by atomic mass is 10.1. The summed E-state index contributed by atoms with van der Waals surface area (Å²) in [6.07, 6.45) is 3.44. The van der Waals surface area contributed by atoms with Crippen LogP contribution < -0.4 is 10.1 Å². The normalized spacial score (nSPS) is 11.7. The maximum Gasteiger partial charge on any atom is 0.249 e. The molecular weight excluding hydrogens is 338 g/mol. The third-order valence-electron chi connectivity index (χ3n) is 3.64. The van der Waals surface area contributed by atoms with Crippen LogP contribution in [0.5, 0.6) is 5.75 Å². The fourth-order valence-electron chi connectivity index (χ4n) is 2.46. The third kappa shape index (κ3) is 4.61. The Labute approximate surface area is 151 Å². The highest BCUT2D eigenvalue weighted by Crippen LogP contribution is 2.18. The molecule has 1 N–H and O–H groups in total. The van der Waals surface area contributed by atoms with E-state index >= 15 is 0 Å². The maximum atomic E-state index is 12.7. The zero-order valence-electron chi connectivity index (χ0n) is 13.5. The van der Waals surface area contributed by atoms with E-state index in [2.05, 4.69) is 10.4 Å². The van der Waals surface area contributed by atoms with E-state index in [-0.39, 0.29) is 5.91 Å². The minimum atomic E-state index is -0.508. The average Bonchev–Trinajstić information content (AvgIpc) is 3.15. The number of benzene rings is 2. The van der Waals surface area contributed by atoms with Crippen molar-refractivity contribution in [3.8, 4) is 5.75 Å². The Morgan fingerprint density at radius 3 is 2.56 bits per heavy atom. The predicted octanol–water partition coefficient (Wildman–Crippen LogP) is 3.32.